The highest BCUT2D eigenvalue weighted by atomic mass is 19.3. The zero-order chi connectivity index (χ0) is 14.4. The van der Waals surface area contributed by atoms with Crippen LogP contribution in [0.4, 0.5) is 8.78 Å². The lowest BCUT2D eigenvalue weighted by atomic mass is 9.99. The van der Waals surface area contributed by atoms with Crippen LogP contribution >= 0.6 is 0 Å². The SMILES string of the molecule is COC(=O)C(C)CC(=O)c1ccccc1OC(F)F. The lowest BCUT2D eigenvalue weighted by molar-refractivity contribution is -0.144. The molecule has 1 atom stereocenters. The van der Waals surface area contributed by atoms with Crippen LogP contribution in [0, 0.1) is 5.92 Å². The molecular formula is C13H14F2O4. The maximum absolute atomic E-state index is 12.2. The highest BCUT2D eigenvalue weighted by Gasteiger charge is 2.21. The van der Waals surface area contributed by atoms with E-state index >= 15 is 0 Å². The molecule has 104 valence electrons. The minimum absolute atomic E-state index is 0.0264. The van der Waals surface area contributed by atoms with Crippen LogP contribution in [0.2, 0.25) is 0 Å². The minimum atomic E-state index is -3.01. The van der Waals surface area contributed by atoms with Crippen molar-refractivity contribution in [1.82, 2.24) is 0 Å². The number of hydrogen-bond donors (Lipinski definition) is 0. The predicted molar refractivity (Wildman–Crippen MR) is 63.2 cm³/mol. The van der Waals surface area contributed by atoms with E-state index in [9.17, 15) is 18.4 Å². The number of para-hydroxylation sites is 1. The molecule has 1 aromatic rings. The van der Waals surface area contributed by atoms with E-state index in [1.165, 1.54) is 38.3 Å². The van der Waals surface area contributed by atoms with Gasteiger partial charge in [-0.15, -0.1) is 0 Å². The molecule has 0 heterocycles. The molecule has 6 heteroatoms. The summed E-state index contributed by atoms with van der Waals surface area (Å²) >= 11 is 0. The molecule has 0 saturated heterocycles. The summed E-state index contributed by atoms with van der Waals surface area (Å²) < 4.78 is 33.2. The Morgan fingerprint density at radius 3 is 2.47 bits per heavy atom. The summed E-state index contributed by atoms with van der Waals surface area (Å²) in [5.41, 5.74) is 0.0264. The first-order valence-electron chi connectivity index (χ1n) is 5.60. The van der Waals surface area contributed by atoms with Crippen molar-refractivity contribution < 1.29 is 27.8 Å². The molecule has 19 heavy (non-hydrogen) atoms. The molecule has 0 bridgehead atoms. The number of hydrogen-bond acceptors (Lipinski definition) is 4. The number of halogens is 2. The zero-order valence-corrected chi connectivity index (χ0v) is 10.6. The molecule has 0 aromatic heterocycles. The zero-order valence-electron chi connectivity index (χ0n) is 10.6. The Morgan fingerprint density at radius 2 is 1.89 bits per heavy atom. The van der Waals surface area contributed by atoms with Crippen molar-refractivity contribution in [2.45, 2.75) is 20.0 Å². The molecule has 0 amide bonds. The van der Waals surface area contributed by atoms with E-state index in [1.54, 1.807) is 0 Å². The first-order chi connectivity index (χ1) is 8.95. The van der Waals surface area contributed by atoms with Crippen LogP contribution in [0.5, 0.6) is 5.75 Å². The first-order valence-corrected chi connectivity index (χ1v) is 5.60. The third kappa shape index (κ3) is 4.31. The van der Waals surface area contributed by atoms with Gasteiger partial charge < -0.3 is 9.47 Å². The van der Waals surface area contributed by atoms with Gasteiger partial charge in [0.05, 0.1) is 18.6 Å². The smallest absolute Gasteiger partial charge is 0.387 e. The fourth-order valence-electron chi connectivity index (χ4n) is 1.57. The van der Waals surface area contributed by atoms with Gasteiger partial charge in [-0.25, -0.2) is 0 Å². The molecule has 1 unspecified atom stereocenters. The topological polar surface area (TPSA) is 52.6 Å². The van der Waals surface area contributed by atoms with Gasteiger partial charge in [-0.1, -0.05) is 19.1 Å². The Labute approximate surface area is 109 Å². The standard InChI is InChI=1S/C13H14F2O4/c1-8(12(17)18-2)7-10(16)9-5-3-4-6-11(9)19-13(14)15/h3-6,8,13H,7H2,1-2H3. The van der Waals surface area contributed by atoms with E-state index in [0.29, 0.717) is 0 Å². The number of methoxy groups -OCH3 is 1. The lowest BCUT2D eigenvalue weighted by Crippen LogP contribution is -2.17. The summed E-state index contributed by atoms with van der Waals surface area (Å²) in [5, 5.41) is 0. The average molecular weight is 272 g/mol. The normalized spacial score (nSPS) is 12.1. The van der Waals surface area contributed by atoms with E-state index in [4.69, 9.17) is 0 Å². The number of carbonyl (C=O) groups excluding carboxylic acids is 2. The second-order valence-corrected chi connectivity index (χ2v) is 3.93. The Kier molecular flexibility index (Phi) is 5.41. The first kappa shape index (κ1) is 15.1. The van der Waals surface area contributed by atoms with Gasteiger partial charge in [-0.05, 0) is 12.1 Å². The van der Waals surface area contributed by atoms with Gasteiger partial charge >= 0.3 is 12.6 Å². The van der Waals surface area contributed by atoms with Gasteiger partial charge in [-0.2, -0.15) is 8.78 Å². The molecule has 0 aliphatic heterocycles. The number of Topliss-reactive ketones (excluding diaryl/α,β-unsaturated/α-hetero) is 1. The average Bonchev–Trinajstić information content (AvgIpc) is 2.37. The Bertz CT molecular complexity index is 460. The third-order valence-corrected chi connectivity index (χ3v) is 2.50. The maximum atomic E-state index is 12.2. The number of benzene rings is 1. The maximum Gasteiger partial charge on any atom is 0.387 e. The highest BCUT2D eigenvalue weighted by molar-refractivity contribution is 6.00. The molecule has 0 N–H and O–H groups in total. The van der Waals surface area contributed by atoms with Crippen molar-refractivity contribution in [1.29, 1.82) is 0 Å². The van der Waals surface area contributed by atoms with E-state index in [0.717, 1.165) is 0 Å². The second-order valence-electron chi connectivity index (χ2n) is 3.93. The van der Waals surface area contributed by atoms with Crippen molar-refractivity contribution in [3.05, 3.63) is 29.8 Å². The molecule has 0 fully saturated rings. The predicted octanol–water partition coefficient (Wildman–Crippen LogP) is 2.67. The van der Waals surface area contributed by atoms with E-state index in [-0.39, 0.29) is 17.7 Å². The van der Waals surface area contributed by atoms with Gasteiger partial charge in [0.25, 0.3) is 0 Å². The van der Waals surface area contributed by atoms with Crippen molar-refractivity contribution in [2.24, 2.45) is 5.92 Å². The van der Waals surface area contributed by atoms with Crippen LogP contribution in [-0.2, 0) is 9.53 Å². The Morgan fingerprint density at radius 1 is 1.26 bits per heavy atom. The summed E-state index contributed by atoms with van der Waals surface area (Å²) in [7, 11) is 1.22. The molecular weight excluding hydrogens is 258 g/mol. The quantitative estimate of drug-likeness (QED) is 0.590. The Balaban J connectivity index is 2.84. The van der Waals surface area contributed by atoms with E-state index in [2.05, 4.69) is 9.47 Å². The molecule has 0 spiro atoms. The summed E-state index contributed by atoms with van der Waals surface area (Å²) in [6.45, 7) is -1.48. The van der Waals surface area contributed by atoms with Crippen molar-refractivity contribution in [3.8, 4) is 5.75 Å². The van der Waals surface area contributed by atoms with Crippen LogP contribution in [0.1, 0.15) is 23.7 Å². The third-order valence-electron chi connectivity index (χ3n) is 2.50. The van der Waals surface area contributed by atoms with Crippen molar-refractivity contribution in [2.75, 3.05) is 7.11 Å². The van der Waals surface area contributed by atoms with Crippen molar-refractivity contribution in [3.63, 3.8) is 0 Å². The fourth-order valence-corrected chi connectivity index (χ4v) is 1.57. The highest BCUT2D eigenvalue weighted by Crippen LogP contribution is 2.23. The molecule has 4 nitrogen and oxygen atoms in total. The number of ketones is 1. The lowest BCUT2D eigenvalue weighted by Gasteiger charge is -2.11. The van der Waals surface area contributed by atoms with Gasteiger partial charge in [-0.3, -0.25) is 9.59 Å². The molecule has 0 aliphatic rings. The molecule has 1 rings (SSSR count). The van der Waals surface area contributed by atoms with Crippen LogP contribution < -0.4 is 4.74 Å². The number of alkyl halides is 2. The van der Waals surface area contributed by atoms with Gasteiger partial charge in [0, 0.05) is 6.42 Å². The summed E-state index contributed by atoms with van der Waals surface area (Å²) in [6.07, 6.45) is -0.129. The summed E-state index contributed by atoms with van der Waals surface area (Å²) in [4.78, 5) is 23.2. The van der Waals surface area contributed by atoms with E-state index in [1.807, 2.05) is 0 Å². The molecule has 0 aliphatic carbocycles. The van der Waals surface area contributed by atoms with Crippen molar-refractivity contribution >= 4 is 11.8 Å². The molecule has 0 saturated carbocycles. The van der Waals surface area contributed by atoms with Gasteiger partial charge in [0.1, 0.15) is 5.75 Å². The van der Waals surface area contributed by atoms with Gasteiger partial charge in [0.2, 0.25) is 0 Å². The number of rotatable bonds is 6. The summed E-state index contributed by atoms with van der Waals surface area (Å²) in [6, 6.07) is 5.68. The number of esters is 1. The van der Waals surface area contributed by atoms with Crippen LogP contribution in [0.25, 0.3) is 0 Å². The molecule has 1 aromatic carbocycles. The van der Waals surface area contributed by atoms with Crippen LogP contribution in [0.15, 0.2) is 24.3 Å². The molecule has 0 radical (unpaired) electrons. The van der Waals surface area contributed by atoms with E-state index < -0.39 is 24.3 Å². The monoisotopic (exact) mass is 272 g/mol. The summed E-state index contributed by atoms with van der Waals surface area (Å²) in [5.74, 6) is -1.81. The number of ether oxygens (including phenoxy) is 2. The van der Waals surface area contributed by atoms with Gasteiger partial charge in [0.15, 0.2) is 5.78 Å². The fraction of sp³-hybridized carbons (Fsp3) is 0.385. The largest absolute Gasteiger partial charge is 0.469 e. The van der Waals surface area contributed by atoms with Crippen LogP contribution in [-0.4, -0.2) is 25.5 Å². The van der Waals surface area contributed by atoms with Crippen LogP contribution in [0.3, 0.4) is 0 Å². The number of carbonyl (C=O) groups is 2. The second kappa shape index (κ2) is 6.82. The minimum Gasteiger partial charge on any atom is -0.469 e. The Hall–Kier alpha value is -1.98.